The number of imide groups is 1. The summed E-state index contributed by atoms with van der Waals surface area (Å²) in [6.07, 6.45) is 1.73. The number of phenols is 1. The van der Waals surface area contributed by atoms with E-state index in [2.05, 4.69) is 0 Å². The summed E-state index contributed by atoms with van der Waals surface area (Å²) in [6.45, 7) is 4.03. The van der Waals surface area contributed by atoms with Gasteiger partial charge in [0.1, 0.15) is 12.4 Å². The van der Waals surface area contributed by atoms with Gasteiger partial charge in [0.25, 0.3) is 11.1 Å². The van der Waals surface area contributed by atoms with E-state index in [4.69, 9.17) is 4.74 Å². The van der Waals surface area contributed by atoms with Gasteiger partial charge in [-0.2, -0.15) is 0 Å². The van der Waals surface area contributed by atoms with Gasteiger partial charge >= 0.3 is 5.69 Å². The number of ether oxygens (including phenoxy) is 1. The fraction of sp³-hybridized carbons (Fsp3) is 0.185. The van der Waals surface area contributed by atoms with Crippen LogP contribution in [0.25, 0.3) is 6.08 Å². The van der Waals surface area contributed by atoms with Crippen LogP contribution >= 0.6 is 11.8 Å². The molecule has 0 bridgehead atoms. The molecule has 8 nitrogen and oxygen atoms in total. The van der Waals surface area contributed by atoms with E-state index in [1.54, 1.807) is 6.07 Å². The molecule has 0 unspecified atom stereocenters. The van der Waals surface area contributed by atoms with Crippen molar-refractivity contribution in [2.75, 3.05) is 13.2 Å². The molecule has 0 atom stereocenters. The SMILES string of the molecule is Cc1ccc(C)c(OCCN2C(=O)S/C(=C\c3cc(Cc4ccccc4)cc([N+](=O)[O-])c3O)C2=O)c1. The fourth-order valence-electron chi connectivity index (χ4n) is 3.83. The molecular weight excluding hydrogens is 480 g/mol. The zero-order valence-corrected chi connectivity index (χ0v) is 20.6. The molecular formula is C27H24N2O6S. The number of benzene rings is 3. The van der Waals surface area contributed by atoms with Crippen molar-refractivity contribution in [3.05, 3.63) is 104 Å². The minimum absolute atomic E-state index is 0.0512. The molecule has 3 aromatic rings. The molecule has 1 fully saturated rings. The topological polar surface area (TPSA) is 110 Å². The molecule has 1 N–H and O–H groups in total. The second-order valence-electron chi connectivity index (χ2n) is 8.42. The number of amides is 2. The quantitative estimate of drug-likeness (QED) is 0.241. The summed E-state index contributed by atoms with van der Waals surface area (Å²) in [5.41, 5.74) is 3.16. The van der Waals surface area contributed by atoms with Crippen LogP contribution in [0.15, 0.2) is 65.6 Å². The normalized spacial score (nSPS) is 14.5. The van der Waals surface area contributed by atoms with E-state index in [-0.39, 0.29) is 23.6 Å². The molecule has 9 heteroatoms. The van der Waals surface area contributed by atoms with Crippen LogP contribution in [0.5, 0.6) is 11.5 Å². The second kappa shape index (κ2) is 10.7. The van der Waals surface area contributed by atoms with Gasteiger partial charge in [-0.1, -0.05) is 42.5 Å². The van der Waals surface area contributed by atoms with Crippen LogP contribution in [0.4, 0.5) is 10.5 Å². The van der Waals surface area contributed by atoms with Gasteiger partial charge in [0.15, 0.2) is 0 Å². The molecule has 2 amide bonds. The van der Waals surface area contributed by atoms with Crippen molar-refractivity contribution in [2.24, 2.45) is 0 Å². The summed E-state index contributed by atoms with van der Waals surface area (Å²) in [6, 6.07) is 18.1. The molecule has 0 spiro atoms. The van der Waals surface area contributed by atoms with Gasteiger partial charge in [-0.25, -0.2) is 0 Å². The van der Waals surface area contributed by atoms with Gasteiger partial charge in [-0.15, -0.1) is 0 Å². The lowest BCUT2D eigenvalue weighted by Gasteiger charge is -2.14. The van der Waals surface area contributed by atoms with E-state index >= 15 is 0 Å². The summed E-state index contributed by atoms with van der Waals surface area (Å²) >= 11 is 0.723. The first-order valence-electron chi connectivity index (χ1n) is 11.2. The largest absolute Gasteiger partial charge is 0.502 e. The third-order valence-corrected chi connectivity index (χ3v) is 6.61. The summed E-state index contributed by atoms with van der Waals surface area (Å²) in [5.74, 6) is -0.406. The Morgan fingerprint density at radius 3 is 2.53 bits per heavy atom. The average molecular weight is 505 g/mol. The van der Waals surface area contributed by atoms with Gasteiger partial charge < -0.3 is 9.84 Å². The molecule has 184 valence electrons. The zero-order chi connectivity index (χ0) is 25.8. The van der Waals surface area contributed by atoms with Crippen LogP contribution in [0.1, 0.15) is 27.8 Å². The van der Waals surface area contributed by atoms with Gasteiger partial charge in [0, 0.05) is 11.6 Å². The number of aryl methyl sites for hydroxylation is 2. The average Bonchev–Trinajstić information content (AvgIpc) is 3.11. The molecule has 1 saturated heterocycles. The predicted molar refractivity (Wildman–Crippen MR) is 138 cm³/mol. The fourth-order valence-corrected chi connectivity index (χ4v) is 4.68. The van der Waals surface area contributed by atoms with Crippen molar-refractivity contribution < 1.29 is 24.4 Å². The van der Waals surface area contributed by atoms with Crippen LogP contribution in [0, 0.1) is 24.0 Å². The molecule has 3 aromatic carbocycles. The minimum atomic E-state index is -0.669. The lowest BCUT2D eigenvalue weighted by molar-refractivity contribution is -0.385. The highest BCUT2D eigenvalue weighted by molar-refractivity contribution is 8.18. The third kappa shape index (κ3) is 5.58. The third-order valence-electron chi connectivity index (χ3n) is 5.70. The number of nitro groups is 1. The highest BCUT2D eigenvalue weighted by atomic mass is 32.2. The first-order chi connectivity index (χ1) is 17.2. The Morgan fingerprint density at radius 2 is 1.81 bits per heavy atom. The number of aromatic hydroxyl groups is 1. The Labute approximate surface area is 212 Å². The number of nitrogens with zero attached hydrogens (tertiary/aromatic N) is 2. The van der Waals surface area contributed by atoms with Crippen LogP contribution < -0.4 is 4.74 Å². The molecule has 1 heterocycles. The van der Waals surface area contributed by atoms with E-state index in [1.807, 2.05) is 62.4 Å². The monoisotopic (exact) mass is 504 g/mol. The van der Waals surface area contributed by atoms with E-state index in [0.29, 0.717) is 17.7 Å². The highest BCUT2D eigenvalue weighted by Crippen LogP contribution is 2.38. The molecule has 4 rings (SSSR count). The van der Waals surface area contributed by atoms with E-state index in [0.717, 1.165) is 33.4 Å². The Bertz CT molecular complexity index is 1370. The summed E-state index contributed by atoms with van der Waals surface area (Å²) in [4.78, 5) is 37.5. The maximum Gasteiger partial charge on any atom is 0.311 e. The molecule has 1 aliphatic rings. The van der Waals surface area contributed by atoms with E-state index < -0.39 is 27.5 Å². The molecule has 0 saturated carbocycles. The standard InChI is InChI=1S/C27H24N2O6S/c1-17-8-9-18(2)23(12-17)35-11-10-28-26(31)24(36-27(28)32)16-21-14-20(13-19-6-4-3-5-7-19)15-22(25(21)30)29(33)34/h3-9,12,14-16,30H,10-11,13H2,1-2H3/b24-16-. The molecule has 0 aromatic heterocycles. The Balaban J connectivity index is 1.54. The summed E-state index contributed by atoms with van der Waals surface area (Å²) in [7, 11) is 0. The molecule has 0 aliphatic carbocycles. The smallest absolute Gasteiger partial charge is 0.311 e. The molecule has 0 radical (unpaired) electrons. The molecule has 36 heavy (non-hydrogen) atoms. The maximum atomic E-state index is 12.9. The van der Waals surface area contributed by atoms with Gasteiger partial charge in [0.2, 0.25) is 5.75 Å². The Morgan fingerprint density at radius 1 is 1.06 bits per heavy atom. The van der Waals surface area contributed by atoms with Crippen LogP contribution in [-0.2, 0) is 11.2 Å². The number of thioether (sulfide) groups is 1. The lowest BCUT2D eigenvalue weighted by atomic mass is 10.0. The van der Waals surface area contributed by atoms with Gasteiger partial charge in [0.05, 0.1) is 16.4 Å². The van der Waals surface area contributed by atoms with Crippen molar-refractivity contribution >= 4 is 34.7 Å². The number of hydrogen-bond acceptors (Lipinski definition) is 7. The van der Waals surface area contributed by atoms with Crippen LogP contribution in [-0.4, -0.2) is 39.2 Å². The van der Waals surface area contributed by atoms with Crippen molar-refractivity contribution in [2.45, 2.75) is 20.3 Å². The van der Waals surface area contributed by atoms with Gasteiger partial charge in [-0.05, 0) is 72.5 Å². The maximum absolute atomic E-state index is 12.9. The van der Waals surface area contributed by atoms with Crippen molar-refractivity contribution in [1.29, 1.82) is 0 Å². The first kappa shape index (κ1) is 25.0. The lowest BCUT2D eigenvalue weighted by Crippen LogP contribution is -2.32. The van der Waals surface area contributed by atoms with Gasteiger partial charge in [-0.3, -0.25) is 24.6 Å². The van der Waals surface area contributed by atoms with Crippen molar-refractivity contribution in [3.8, 4) is 11.5 Å². The van der Waals surface area contributed by atoms with Crippen molar-refractivity contribution in [1.82, 2.24) is 4.90 Å². The number of carbonyl (C=O) groups excluding carboxylic acids is 2. The zero-order valence-electron chi connectivity index (χ0n) is 19.8. The Kier molecular flexibility index (Phi) is 7.40. The van der Waals surface area contributed by atoms with Crippen LogP contribution in [0.3, 0.4) is 0 Å². The highest BCUT2D eigenvalue weighted by Gasteiger charge is 2.35. The van der Waals surface area contributed by atoms with Crippen molar-refractivity contribution in [3.63, 3.8) is 0 Å². The number of rotatable bonds is 8. The number of nitro benzene ring substituents is 1. The summed E-state index contributed by atoms with van der Waals surface area (Å²) < 4.78 is 5.77. The minimum Gasteiger partial charge on any atom is -0.502 e. The predicted octanol–water partition coefficient (Wildman–Crippen LogP) is 5.62. The van der Waals surface area contributed by atoms with Crippen LogP contribution in [0.2, 0.25) is 0 Å². The van der Waals surface area contributed by atoms with E-state index in [9.17, 15) is 24.8 Å². The van der Waals surface area contributed by atoms with E-state index in [1.165, 1.54) is 12.1 Å². The number of carbonyl (C=O) groups is 2. The second-order valence-corrected chi connectivity index (χ2v) is 9.42. The number of phenolic OH excluding ortho intramolecular Hbond substituents is 1. The number of hydrogen-bond donors (Lipinski definition) is 1. The Hall–Kier alpha value is -4.11. The first-order valence-corrected chi connectivity index (χ1v) is 12.0. The molecule has 1 aliphatic heterocycles. The summed E-state index contributed by atoms with van der Waals surface area (Å²) in [5, 5.41) is 21.6.